The molecule has 1 aromatic heterocycles. The van der Waals surface area contributed by atoms with E-state index in [1.165, 1.54) is 11.8 Å². The number of aromatic nitrogens is 2. The van der Waals surface area contributed by atoms with E-state index in [4.69, 9.17) is 9.72 Å². The van der Waals surface area contributed by atoms with E-state index in [0.29, 0.717) is 10.8 Å². The summed E-state index contributed by atoms with van der Waals surface area (Å²) in [5, 5.41) is 19.3. The molecule has 35 heavy (non-hydrogen) atoms. The number of azo groups is 1. The van der Waals surface area contributed by atoms with Crippen LogP contribution in [0.4, 0.5) is 5.69 Å². The molecule has 2 N–H and O–H groups in total. The Hall–Kier alpha value is -4.17. The number of carbonyl (C=O) groups is 1. The Morgan fingerprint density at radius 3 is 2.17 bits per heavy atom. The molecule has 0 amide bonds. The van der Waals surface area contributed by atoms with Gasteiger partial charge in [0.2, 0.25) is 5.70 Å². The summed E-state index contributed by atoms with van der Waals surface area (Å²) >= 11 is 1.25. The number of esters is 1. The Labute approximate surface area is 207 Å². The van der Waals surface area contributed by atoms with Crippen molar-refractivity contribution in [3.63, 3.8) is 0 Å². The lowest BCUT2D eigenvalue weighted by atomic mass is 10.1. The molecule has 0 aliphatic heterocycles. The van der Waals surface area contributed by atoms with Gasteiger partial charge in [-0.05, 0) is 19.1 Å². The van der Waals surface area contributed by atoms with Gasteiger partial charge < -0.3 is 14.8 Å². The standard InChI is InChI=1S/C27H24N4O3S/c1-2-34-26(33)25(31-30-21-16-10-5-11-17-21)22(32)18-35-27-28-23(19-12-6-3-7-13-19)24(29-27)20-14-8-4-9-15-20/h3-17,32H,2,18H2,1H3,(H,28,29)/b25-22+,31-30?. The number of hydrogen-bond donors (Lipinski definition) is 2. The molecule has 4 rings (SSSR count). The van der Waals surface area contributed by atoms with Crippen molar-refractivity contribution in [2.24, 2.45) is 10.2 Å². The van der Waals surface area contributed by atoms with Gasteiger partial charge in [0.05, 0.1) is 29.4 Å². The number of aliphatic hydroxyl groups excluding tert-OH is 1. The van der Waals surface area contributed by atoms with Crippen molar-refractivity contribution in [1.29, 1.82) is 0 Å². The summed E-state index contributed by atoms with van der Waals surface area (Å²) in [7, 11) is 0. The van der Waals surface area contributed by atoms with Gasteiger partial charge in [0.1, 0.15) is 5.76 Å². The van der Waals surface area contributed by atoms with Crippen LogP contribution in [-0.4, -0.2) is 33.4 Å². The van der Waals surface area contributed by atoms with Crippen LogP contribution in [0.5, 0.6) is 0 Å². The van der Waals surface area contributed by atoms with Gasteiger partial charge in [-0.25, -0.2) is 9.78 Å². The maximum atomic E-state index is 12.4. The van der Waals surface area contributed by atoms with Crippen molar-refractivity contribution >= 4 is 23.4 Å². The quantitative estimate of drug-likeness (QED) is 0.0880. The zero-order valence-corrected chi connectivity index (χ0v) is 19.9. The van der Waals surface area contributed by atoms with E-state index in [1.54, 1.807) is 19.1 Å². The molecule has 0 atom stereocenters. The predicted octanol–water partition coefficient (Wildman–Crippen LogP) is 6.95. The molecule has 0 bridgehead atoms. The minimum absolute atomic E-state index is 0.0535. The average Bonchev–Trinajstić information content (AvgIpc) is 3.34. The Bertz CT molecular complexity index is 1260. The molecule has 0 aliphatic rings. The minimum atomic E-state index is -0.736. The highest BCUT2D eigenvalue weighted by molar-refractivity contribution is 7.99. The lowest BCUT2D eigenvalue weighted by molar-refractivity contribution is -0.138. The summed E-state index contributed by atoms with van der Waals surface area (Å²) in [5.74, 6) is -0.926. The second kappa shape index (κ2) is 11.8. The third kappa shape index (κ3) is 6.24. The molecule has 176 valence electrons. The van der Waals surface area contributed by atoms with E-state index in [1.807, 2.05) is 78.9 Å². The molecular formula is C27H24N4O3S. The summed E-state index contributed by atoms with van der Waals surface area (Å²) in [5.41, 5.74) is 3.96. The fourth-order valence-electron chi connectivity index (χ4n) is 3.26. The molecule has 0 unspecified atom stereocenters. The molecule has 0 fully saturated rings. The van der Waals surface area contributed by atoms with Crippen LogP contribution in [0.3, 0.4) is 0 Å². The number of nitrogens with zero attached hydrogens (tertiary/aromatic N) is 3. The van der Waals surface area contributed by atoms with Crippen LogP contribution >= 0.6 is 11.8 Å². The smallest absolute Gasteiger partial charge is 0.362 e. The second-order valence-corrected chi connectivity index (χ2v) is 8.30. The Kier molecular flexibility index (Phi) is 8.08. The predicted molar refractivity (Wildman–Crippen MR) is 137 cm³/mol. The Morgan fingerprint density at radius 1 is 0.943 bits per heavy atom. The first-order valence-electron chi connectivity index (χ1n) is 11.1. The highest BCUT2D eigenvalue weighted by Crippen LogP contribution is 2.33. The van der Waals surface area contributed by atoms with Crippen molar-refractivity contribution < 1.29 is 14.6 Å². The van der Waals surface area contributed by atoms with Crippen molar-refractivity contribution in [1.82, 2.24) is 9.97 Å². The normalized spacial score (nSPS) is 11.9. The number of benzene rings is 3. The third-order valence-corrected chi connectivity index (χ3v) is 5.79. The van der Waals surface area contributed by atoms with Crippen LogP contribution in [0.25, 0.3) is 22.5 Å². The minimum Gasteiger partial charge on any atom is -0.509 e. The third-order valence-electron chi connectivity index (χ3n) is 4.90. The van der Waals surface area contributed by atoms with Gasteiger partial charge in [0.25, 0.3) is 0 Å². The molecule has 0 saturated heterocycles. The van der Waals surface area contributed by atoms with Crippen molar-refractivity contribution in [3.8, 4) is 22.5 Å². The highest BCUT2D eigenvalue weighted by atomic mass is 32.2. The van der Waals surface area contributed by atoms with Gasteiger partial charge in [0.15, 0.2) is 5.16 Å². The summed E-state index contributed by atoms with van der Waals surface area (Å²) in [6, 6.07) is 28.8. The van der Waals surface area contributed by atoms with Crippen molar-refractivity contribution in [2.75, 3.05) is 12.4 Å². The number of aromatic amines is 1. The van der Waals surface area contributed by atoms with Crippen LogP contribution in [-0.2, 0) is 9.53 Å². The zero-order valence-electron chi connectivity index (χ0n) is 19.1. The molecule has 0 radical (unpaired) electrons. The maximum Gasteiger partial charge on any atom is 0.362 e. The summed E-state index contributed by atoms with van der Waals surface area (Å²) in [6.45, 7) is 1.84. The number of thioether (sulfide) groups is 1. The number of hydrogen-bond acceptors (Lipinski definition) is 7. The van der Waals surface area contributed by atoms with Gasteiger partial charge in [-0.3, -0.25) is 0 Å². The largest absolute Gasteiger partial charge is 0.509 e. The fourth-order valence-corrected chi connectivity index (χ4v) is 4.00. The van der Waals surface area contributed by atoms with E-state index in [9.17, 15) is 9.90 Å². The molecule has 0 saturated carbocycles. The molecule has 0 aliphatic carbocycles. The number of H-pyrrole nitrogens is 1. The molecule has 8 heteroatoms. The lowest BCUT2D eigenvalue weighted by Gasteiger charge is -2.05. The molecule has 4 aromatic rings. The number of aliphatic hydroxyl groups is 1. The number of nitrogens with one attached hydrogen (secondary N) is 1. The molecular weight excluding hydrogens is 460 g/mol. The maximum absolute atomic E-state index is 12.4. The highest BCUT2D eigenvalue weighted by Gasteiger charge is 2.19. The van der Waals surface area contributed by atoms with Crippen molar-refractivity contribution in [2.45, 2.75) is 12.1 Å². The Balaban J connectivity index is 1.61. The topological polar surface area (TPSA) is 99.9 Å². The first-order chi connectivity index (χ1) is 17.2. The number of rotatable bonds is 9. The monoisotopic (exact) mass is 484 g/mol. The second-order valence-electron chi connectivity index (χ2n) is 7.34. The van der Waals surface area contributed by atoms with Gasteiger partial charge in [-0.15, -0.1) is 5.11 Å². The summed E-state index contributed by atoms with van der Waals surface area (Å²) in [4.78, 5) is 20.5. The van der Waals surface area contributed by atoms with Gasteiger partial charge >= 0.3 is 5.97 Å². The molecule has 1 heterocycles. The average molecular weight is 485 g/mol. The van der Waals surface area contributed by atoms with Crippen molar-refractivity contribution in [3.05, 3.63) is 102 Å². The van der Waals surface area contributed by atoms with E-state index in [-0.39, 0.29) is 23.8 Å². The van der Waals surface area contributed by atoms with Gasteiger partial charge in [-0.1, -0.05) is 90.6 Å². The SMILES string of the molecule is CCOC(=O)/C(N=Nc1ccccc1)=C(\O)CSc1nc(-c2ccccc2)c(-c2ccccc2)[nH]1. The lowest BCUT2D eigenvalue weighted by Crippen LogP contribution is -2.09. The number of ether oxygens (including phenoxy) is 1. The van der Waals surface area contributed by atoms with E-state index in [0.717, 1.165) is 22.5 Å². The van der Waals surface area contributed by atoms with Gasteiger partial charge in [0, 0.05) is 11.1 Å². The van der Waals surface area contributed by atoms with Crippen LogP contribution in [0, 0.1) is 0 Å². The van der Waals surface area contributed by atoms with Gasteiger partial charge in [-0.2, -0.15) is 5.11 Å². The molecule has 3 aromatic carbocycles. The number of carbonyl (C=O) groups excluding carboxylic acids is 1. The summed E-state index contributed by atoms with van der Waals surface area (Å²) < 4.78 is 5.06. The van der Waals surface area contributed by atoms with Crippen LogP contribution < -0.4 is 0 Å². The molecule has 0 spiro atoms. The zero-order chi connectivity index (χ0) is 24.5. The van der Waals surface area contributed by atoms with Crippen LogP contribution in [0.1, 0.15) is 6.92 Å². The van der Waals surface area contributed by atoms with E-state index in [2.05, 4.69) is 15.2 Å². The first-order valence-corrected chi connectivity index (χ1v) is 12.0. The van der Waals surface area contributed by atoms with Crippen LogP contribution in [0.2, 0.25) is 0 Å². The fraction of sp³-hybridized carbons (Fsp3) is 0.111. The van der Waals surface area contributed by atoms with E-state index >= 15 is 0 Å². The Morgan fingerprint density at radius 2 is 1.54 bits per heavy atom. The van der Waals surface area contributed by atoms with Crippen LogP contribution in [0.15, 0.2) is 118 Å². The number of imidazole rings is 1. The van der Waals surface area contributed by atoms with E-state index < -0.39 is 5.97 Å². The summed E-state index contributed by atoms with van der Waals surface area (Å²) in [6.07, 6.45) is 0. The molecule has 7 nitrogen and oxygen atoms in total. The first kappa shape index (κ1) is 24.0.